The monoisotopic (exact) mass is 286 g/mol. The van der Waals surface area contributed by atoms with Crippen molar-refractivity contribution in [2.24, 2.45) is 0 Å². The molecular weight excluding hydrogens is 275 g/mol. The van der Waals surface area contributed by atoms with Crippen molar-refractivity contribution in [3.05, 3.63) is 60.2 Å². The molecule has 96 valence electrons. The third-order valence-electron chi connectivity index (χ3n) is 2.09. The Kier molecular flexibility index (Phi) is 6.86. The number of hydrogen-bond acceptors (Lipinski definition) is 2. The van der Waals surface area contributed by atoms with Gasteiger partial charge in [-0.15, -0.1) is 24.8 Å². The van der Waals surface area contributed by atoms with Crippen molar-refractivity contribution in [2.45, 2.75) is 0 Å². The first kappa shape index (κ1) is 16.3. The van der Waals surface area contributed by atoms with Crippen molar-refractivity contribution in [1.82, 2.24) is 0 Å². The van der Waals surface area contributed by atoms with Gasteiger partial charge in [-0.1, -0.05) is 30.3 Å². The molecule has 0 atom stereocenters. The zero-order valence-corrected chi connectivity index (χ0v) is 10.9. The number of ether oxygens (including phenoxy) is 1. The Labute approximate surface area is 117 Å². The van der Waals surface area contributed by atoms with Gasteiger partial charge in [-0.2, -0.15) is 0 Å². The van der Waals surface area contributed by atoms with E-state index in [0.717, 1.165) is 0 Å². The van der Waals surface area contributed by atoms with E-state index >= 15 is 0 Å². The second-order valence-corrected chi connectivity index (χ2v) is 3.22. The second kappa shape index (κ2) is 7.58. The van der Waals surface area contributed by atoms with E-state index in [4.69, 9.17) is 9.84 Å². The maximum atomic E-state index is 10.9. The van der Waals surface area contributed by atoms with Crippen LogP contribution in [0.15, 0.2) is 54.6 Å². The highest BCUT2D eigenvalue weighted by Gasteiger charge is 2.10. The Balaban J connectivity index is 0.00000144. The number of hydrogen-bond donors (Lipinski definition) is 1. The standard InChI is InChI=1S/C13H10O3.2ClH/c14-13(15)11-8-4-5-9-12(11)16-10-6-2-1-3-7-10;;/h1-9H,(H,14,15);2*1H. The van der Waals surface area contributed by atoms with Gasteiger partial charge in [0.15, 0.2) is 0 Å². The number of halogens is 2. The van der Waals surface area contributed by atoms with Crippen molar-refractivity contribution in [2.75, 3.05) is 0 Å². The number of benzene rings is 2. The molecule has 2 aromatic rings. The molecule has 0 aliphatic rings. The highest BCUT2D eigenvalue weighted by molar-refractivity contribution is 5.90. The number of aromatic carboxylic acids is 1. The minimum absolute atomic E-state index is 0. The first-order valence-corrected chi connectivity index (χ1v) is 4.82. The number of carboxylic acid groups (broad SMARTS) is 1. The van der Waals surface area contributed by atoms with Crippen LogP contribution in [0.1, 0.15) is 10.4 Å². The molecule has 0 spiro atoms. The Morgan fingerprint density at radius 3 is 2.06 bits per heavy atom. The van der Waals surface area contributed by atoms with E-state index in [1.54, 1.807) is 30.3 Å². The minimum atomic E-state index is -0.994. The normalized spacial score (nSPS) is 8.67. The SMILES string of the molecule is Cl.Cl.O=C(O)c1ccccc1Oc1ccccc1. The fourth-order valence-electron chi connectivity index (χ4n) is 1.35. The Morgan fingerprint density at radius 2 is 1.44 bits per heavy atom. The Hall–Kier alpha value is -1.71. The first-order valence-electron chi connectivity index (χ1n) is 4.82. The molecule has 1 N–H and O–H groups in total. The van der Waals surface area contributed by atoms with Gasteiger partial charge in [0.1, 0.15) is 17.1 Å². The lowest BCUT2D eigenvalue weighted by atomic mass is 10.2. The molecule has 5 heteroatoms. The molecule has 0 saturated heterocycles. The van der Waals surface area contributed by atoms with E-state index in [-0.39, 0.29) is 30.4 Å². The molecule has 0 aromatic heterocycles. The molecule has 0 aliphatic carbocycles. The summed E-state index contributed by atoms with van der Waals surface area (Å²) in [6, 6.07) is 15.6. The lowest BCUT2D eigenvalue weighted by molar-refractivity contribution is 0.0694. The van der Waals surface area contributed by atoms with Gasteiger partial charge in [0.25, 0.3) is 0 Å². The fourth-order valence-corrected chi connectivity index (χ4v) is 1.35. The van der Waals surface area contributed by atoms with Gasteiger partial charge >= 0.3 is 5.97 Å². The van der Waals surface area contributed by atoms with Crippen molar-refractivity contribution < 1.29 is 14.6 Å². The van der Waals surface area contributed by atoms with E-state index in [1.165, 1.54) is 6.07 Å². The highest BCUT2D eigenvalue weighted by atomic mass is 35.5. The molecular formula is C13H12Cl2O3. The molecule has 0 saturated carbocycles. The molecule has 0 aliphatic heterocycles. The third kappa shape index (κ3) is 3.95. The third-order valence-corrected chi connectivity index (χ3v) is 2.09. The summed E-state index contributed by atoms with van der Waals surface area (Å²) in [5.41, 5.74) is 0.159. The molecule has 0 bridgehead atoms. The van der Waals surface area contributed by atoms with Gasteiger partial charge in [-0.05, 0) is 24.3 Å². The fraction of sp³-hybridized carbons (Fsp3) is 0. The van der Waals surface area contributed by atoms with Crippen molar-refractivity contribution >= 4 is 30.8 Å². The topological polar surface area (TPSA) is 46.5 Å². The predicted octanol–water partition coefficient (Wildman–Crippen LogP) is 4.02. The van der Waals surface area contributed by atoms with E-state index in [1.807, 2.05) is 18.2 Å². The summed E-state index contributed by atoms with van der Waals surface area (Å²) in [5, 5.41) is 8.96. The van der Waals surface area contributed by atoms with Crippen LogP contribution < -0.4 is 4.74 Å². The van der Waals surface area contributed by atoms with Crippen LogP contribution in [-0.4, -0.2) is 11.1 Å². The summed E-state index contributed by atoms with van der Waals surface area (Å²) in [6.45, 7) is 0. The molecule has 0 amide bonds. The van der Waals surface area contributed by atoms with Gasteiger partial charge in [0.2, 0.25) is 0 Å². The van der Waals surface area contributed by atoms with Gasteiger partial charge < -0.3 is 9.84 Å². The zero-order chi connectivity index (χ0) is 11.4. The molecule has 0 fully saturated rings. The summed E-state index contributed by atoms with van der Waals surface area (Å²) < 4.78 is 5.49. The maximum absolute atomic E-state index is 10.9. The number of rotatable bonds is 3. The van der Waals surface area contributed by atoms with Crippen LogP contribution in [0.3, 0.4) is 0 Å². The minimum Gasteiger partial charge on any atom is -0.478 e. The van der Waals surface area contributed by atoms with Gasteiger partial charge in [-0.25, -0.2) is 4.79 Å². The van der Waals surface area contributed by atoms with Crippen LogP contribution in [0.2, 0.25) is 0 Å². The molecule has 0 radical (unpaired) electrons. The average molecular weight is 287 g/mol. The molecule has 2 aromatic carbocycles. The summed E-state index contributed by atoms with van der Waals surface area (Å²) in [4.78, 5) is 10.9. The number of carbonyl (C=O) groups is 1. The molecule has 0 unspecified atom stereocenters. The van der Waals surface area contributed by atoms with E-state index < -0.39 is 5.97 Å². The van der Waals surface area contributed by atoms with Crippen LogP contribution in [-0.2, 0) is 0 Å². The maximum Gasteiger partial charge on any atom is 0.339 e. The van der Waals surface area contributed by atoms with Crippen LogP contribution in [0.25, 0.3) is 0 Å². The van der Waals surface area contributed by atoms with Crippen LogP contribution in [0, 0.1) is 0 Å². The van der Waals surface area contributed by atoms with Crippen LogP contribution in [0.5, 0.6) is 11.5 Å². The molecule has 2 rings (SSSR count). The van der Waals surface area contributed by atoms with Gasteiger partial charge in [-0.3, -0.25) is 0 Å². The van der Waals surface area contributed by atoms with Gasteiger partial charge in [0.05, 0.1) is 0 Å². The Bertz CT molecular complexity index is 501. The number of carboxylic acids is 1. The smallest absolute Gasteiger partial charge is 0.339 e. The van der Waals surface area contributed by atoms with E-state index in [2.05, 4.69) is 0 Å². The predicted molar refractivity (Wildman–Crippen MR) is 74.4 cm³/mol. The molecule has 0 heterocycles. The first-order chi connectivity index (χ1) is 7.77. The summed E-state index contributed by atoms with van der Waals surface area (Å²) in [6.07, 6.45) is 0. The van der Waals surface area contributed by atoms with Crippen molar-refractivity contribution in [3.63, 3.8) is 0 Å². The highest BCUT2D eigenvalue weighted by Crippen LogP contribution is 2.24. The van der Waals surface area contributed by atoms with Crippen molar-refractivity contribution in [1.29, 1.82) is 0 Å². The van der Waals surface area contributed by atoms with Crippen LogP contribution >= 0.6 is 24.8 Å². The average Bonchev–Trinajstić information content (AvgIpc) is 2.31. The lowest BCUT2D eigenvalue weighted by Gasteiger charge is -2.07. The number of para-hydroxylation sites is 2. The molecule has 18 heavy (non-hydrogen) atoms. The summed E-state index contributed by atoms with van der Waals surface area (Å²) >= 11 is 0. The van der Waals surface area contributed by atoms with Crippen LogP contribution in [0.4, 0.5) is 0 Å². The summed E-state index contributed by atoms with van der Waals surface area (Å²) in [7, 11) is 0. The zero-order valence-electron chi connectivity index (χ0n) is 9.28. The van der Waals surface area contributed by atoms with E-state index in [0.29, 0.717) is 11.5 Å². The second-order valence-electron chi connectivity index (χ2n) is 3.22. The molecule has 3 nitrogen and oxygen atoms in total. The van der Waals surface area contributed by atoms with Gasteiger partial charge in [0, 0.05) is 0 Å². The lowest BCUT2D eigenvalue weighted by Crippen LogP contribution is -1.99. The largest absolute Gasteiger partial charge is 0.478 e. The van der Waals surface area contributed by atoms with E-state index in [9.17, 15) is 4.79 Å². The summed E-state index contributed by atoms with van der Waals surface area (Å²) in [5.74, 6) is -0.0241. The van der Waals surface area contributed by atoms with Crippen molar-refractivity contribution in [3.8, 4) is 11.5 Å². The Morgan fingerprint density at radius 1 is 0.889 bits per heavy atom. The quantitative estimate of drug-likeness (QED) is 0.927.